The van der Waals surface area contributed by atoms with E-state index in [0.29, 0.717) is 3.41 Å². The van der Waals surface area contributed by atoms with Crippen LogP contribution in [0.2, 0.25) is 0 Å². The fraction of sp³-hybridized carbons (Fsp3) is 1.00. The highest BCUT2D eigenvalue weighted by atomic mass is 32.3. The van der Waals surface area contributed by atoms with E-state index in [1.165, 1.54) is 40.3 Å². The molecule has 16 heavy (non-hydrogen) atoms. The predicted molar refractivity (Wildman–Crippen MR) is 89.9 cm³/mol. The molecule has 0 unspecified atom stereocenters. The maximum Gasteiger partial charge on any atom is 0.116 e. The zero-order chi connectivity index (χ0) is 10.8. The summed E-state index contributed by atoms with van der Waals surface area (Å²) in [6.07, 6.45) is 0. The fourth-order valence-electron chi connectivity index (χ4n) is 1.73. The van der Waals surface area contributed by atoms with Crippen LogP contribution in [0.25, 0.3) is 0 Å². The lowest BCUT2D eigenvalue weighted by Crippen LogP contribution is -2.36. The Balaban J connectivity index is 1.60. The van der Waals surface area contributed by atoms with Crippen molar-refractivity contribution in [3.05, 3.63) is 0 Å². The van der Waals surface area contributed by atoms with Gasteiger partial charge in [0.1, 0.15) is 3.41 Å². The molecular weight excluding hydrogens is 313 g/mol. The van der Waals surface area contributed by atoms with Gasteiger partial charge in [0.25, 0.3) is 0 Å². The first-order chi connectivity index (χ1) is 7.86. The second-order valence-electron chi connectivity index (χ2n) is 4.14. The lowest BCUT2D eigenvalue weighted by Gasteiger charge is -2.43. The van der Waals surface area contributed by atoms with E-state index in [4.69, 9.17) is 0 Å². The normalized spacial score (nSPS) is 30.8. The van der Waals surface area contributed by atoms with Crippen molar-refractivity contribution in [1.82, 2.24) is 0 Å². The fourth-order valence-corrected chi connectivity index (χ4v) is 11.9. The van der Waals surface area contributed by atoms with Crippen LogP contribution < -0.4 is 0 Å². The van der Waals surface area contributed by atoms with E-state index in [1.807, 2.05) is 0 Å². The molecule has 0 aliphatic carbocycles. The molecule has 0 bridgehead atoms. The molecule has 3 fully saturated rings. The summed E-state index contributed by atoms with van der Waals surface area (Å²) in [5.41, 5.74) is 0. The number of hydrogen-bond donors (Lipinski definition) is 0. The van der Waals surface area contributed by atoms with Crippen molar-refractivity contribution in [2.75, 3.05) is 40.3 Å². The van der Waals surface area contributed by atoms with E-state index in [-0.39, 0.29) is 0 Å². The second kappa shape index (κ2) is 6.04. The second-order valence-corrected chi connectivity index (χ2v) is 12.8. The Hall–Kier alpha value is 2.10. The van der Waals surface area contributed by atoms with Crippen molar-refractivity contribution >= 4 is 70.6 Å². The molecule has 0 saturated carbocycles. The largest absolute Gasteiger partial charge is 0.160 e. The van der Waals surface area contributed by atoms with E-state index in [9.17, 15) is 0 Å². The van der Waals surface area contributed by atoms with Crippen LogP contribution in [0.3, 0.4) is 0 Å². The van der Waals surface area contributed by atoms with Crippen molar-refractivity contribution in [1.29, 1.82) is 0 Å². The molecule has 92 valence electrons. The molecule has 0 atom stereocenters. The Labute approximate surface area is 124 Å². The summed E-state index contributed by atoms with van der Waals surface area (Å²) in [7, 11) is 0. The summed E-state index contributed by atoms with van der Waals surface area (Å²) in [6, 6.07) is 0. The van der Waals surface area contributed by atoms with Crippen LogP contribution in [-0.2, 0) is 0 Å². The molecule has 0 aromatic rings. The van der Waals surface area contributed by atoms with Gasteiger partial charge in [0, 0.05) is 50.8 Å². The van der Waals surface area contributed by atoms with Gasteiger partial charge in [-0.2, -0.15) is 35.3 Å². The molecule has 3 rings (SSSR count). The summed E-state index contributed by atoms with van der Waals surface area (Å²) in [4.78, 5) is 0. The third-order valence-corrected chi connectivity index (χ3v) is 13.3. The third-order valence-electron chi connectivity index (χ3n) is 2.74. The van der Waals surface area contributed by atoms with Crippen molar-refractivity contribution in [2.45, 2.75) is 13.9 Å². The van der Waals surface area contributed by atoms with E-state index in [2.05, 4.69) is 70.6 Å². The molecular formula is C10H16S6. The van der Waals surface area contributed by atoms with E-state index in [0.717, 1.165) is 10.5 Å². The van der Waals surface area contributed by atoms with Gasteiger partial charge in [-0.1, -0.05) is 0 Å². The van der Waals surface area contributed by atoms with Gasteiger partial charge in [-0.15, -0.1) is 35.3 Å². The van der Waals surface area contributed by atoms with Crippen LogP contribution in [0.4, 0.5) is 0 Å². The first-order valence-corrected chi connectivity index (χ1v) is 11.8. The van der Waals surface area contributed by atoms with Crippen LogP contribution in [-0.4, -0.2) is 54.2 Å². The monoisotopic (exact) mass is 328 g/mol. The highest BCUT2D eigenvalue weighted by Gasteiger charge is 2.41. The Morgan fingerprint density at radius 1 is 0.812 bits per heavy atom. The molecule has 0 N–H and O–H groups in total. The molecule has 3 aliphatic heterocycles. The molecule has 3 heterocycles. The maximum atomic E-state index is 2.31. The molecule has 3 saturated heterocycles. The Morgan fingerprint density at radius 2 is 1.44 bits per heavy atom. The van der Waals surface area contributed by atoms with Crippen LogP contribution in [0.1, 0.15) is 0 Å². The Bertz CT molecular complexity index is 213. The Kier molecular flexibility index (Phi) is 4.94. The van der Waals surface area contributed by atoms with E-state index in [1.54, 1.807) is 0 Å². The topological polar surface area (TPSA) is 0 Å². The average molecular weight is 329 g/mol. The number of hydrogen-bond acceptors (Lipinski definition) is 6. The van der Waals surface area contributed by atoms with Gasteiger partial charge in [0.2, 0.25) is 0 Å². The highest BCUT2D eigenvalue weighted by Crippen LogP contribution is 2.57. The zero-order valence-corrected chi connectivity index (χ0v) is 14.0. The first-order valence-electron chi connectivity index (χ1n) is 5.59. The maximum absolute atomic E-state index is 2.31. The van der Waals surface area contributed by atoms with Crippen molar-refractivity contribution in [3.63, 3.8) is 0 Å². The molecule has 3 aliphatic rings. The molecule has 0 amide bonds. The lowest BCUT2D eigenvalue weighted by molar-refractivity contribution is 1.05. The SMILES string of the molecule is C1CSC(SC2CSC2)(SC2CSC2)CS1. The van der Waals surface area contributed by atoms with Crippen LogP contribution in [0.15, 0.2) is 0 Å². The molecule has 6 heteroatoms. The quantitative estimate of drug-likeness (QED) is 0.714. The summed E-state index contributed by atoms with van der Waals surface area (Å²) in [5.74, 6) is 9.70. The van der Waals surface area contributed by atoms with Gasteiger partial charge < -0.3 is 0 Å². The minimum Gasteiger partial charge on any atom is -0.160 e. The van der Waals surface area contributed by atoms with E-state index < -0.39 is 0 Å². The van der Waals surface area contributed by atoms with Crippen LogP contribution in [0.5, 0.6) is 0 Å². The molecule has 0 spiro atoms. The first kappa shape index (κ1) is 13.1. The minimum atomic E-state index is 0.514. The zero-order valence-electron chi connectivity index (χ0n) is 9.05. The van der Waals surface area contributed by atoms with Crippen molar-refractivity contribution in [2.24, 2.45) is 0 Å². The summed E-state index contributed by atoms with van der Waals surface area (Å²) < 4.78 is 0.514. The smallest absolute Gasteiger partial charge is 0.116 e. The van der Waals surface area contributed by atoms with Gasteiger partial charge in [-0.25, -0.2) is 0 Å². The standard InChI is InChI=1S/C10H16S6/c1-2-14-10(7-11-1,15-8-3-12-4-8)16-9-5-13-6-9/h8-9H,1-7H2. The van der Waals surface area contributed by atoms with Crippen molar-refractivity contribution in [3.8, 4) is 0 Å². The lowest BCUT2D eigenvalue weighted by atomic mass is 10.5. The molecule has 0 nitrogen and oxygen atoms in total. The minimum absolute atomic E-state index is 0.514. The predicted octanol–water partition coefficient (Wildman–Crippen LogP) is 3.82. The molecule has 0 radical (unpaired) electrons. The highest BCUT2D eigenvalue weighted by molar-refractivity contribution is 8.36. The Morgan fingerprint density at radius 3 is 1.81 bits per heavy atom. The van der Waals surface area contributed by atoms with Crippen LogP contribution in [0, 0.1) is 0 Å². The van der Waals surface area contributed by atoms with E-state index >= 15 is 0 Å². The third kappa shape index (κ3) is 3.16. The van der Waals surface area contributed by atoms with Crippen LogP contribution >= 0.6 is 70.6 Å². The van der Waals surface area contributed by atoms with Gasteiger partial charge in [-0.3, -0.25) is 0 Å². The number of thioether (sulfide) groups is 6. The van der Waals surface area contributed by atoms with Gasteiger partial charge >= 0.3 is 0 Å². The summed E-state index contributed by atoms with van der Waals surface area (Å²) in [6.45, 7) is 0. The summed E-state index contributed by atoms with van der Waals surface area (Å²) >= 11 is 13.3. The molecule has 0 aromatic heterocycles. The van der Waals surface area contributed by atoms with Gasteiger partial charge in [-0.05, 0) is 0 Å². The molecule has 0 aromatic carbocycles. The summed E-state index contributed by atoms with van der Waals surface area (Å²) in [5, 5.41) is 1.91. The number of rotatable bonds is 4. The van der Waals surface area contributed by atoms with Crippen molar-refractivity contribution < 1.29 is 0 Å². The van der Waals surface area contributed by atoms with Gasteiger partial charge in [0.05, 0.1) is 0 Å². The van der Waals surface area contributed by atoms with Gasteiger partial charge in [0.15, 0.2) is 0 Å². The average Bonchev–Trinajstić information content (AvgIpc) is 2.20.